The van der Waals surface area contributed by atoms with Crippen LogP contribution in [-0.4, -0.2) is 9.97 Å². The minimum Gasteiger partial charge on any atom is -0.457 e. The monoisotopic (exact) mass is 742 g/mol. The van der Waals surface area contributed by atoms with Gasteiger partial charge in [-0.1, -0.05) is 146 Å². The predicted molar refractivity (Wildman–Crippen MR) is 236 cm³/mol. The molecule has 13 rings (SSSR count). The van der Waals surface area contributed by atoms with E-state index in [-0.39, 0.29) is 0 Å². The molecule has 0 amide bonds. The largest absolute Gasteiger partial charge is 0.457 e. The predicted octanol–water partition coefficient (Wildman–Crippen LogP) is 14.1. The molecule has 0 radical (unpaired) electrons. The highest BCUT2D eigenvalue weighted by atomic mass is 32.1. The Morgan fingerprint density at radius 1 is 0.404 bits per heavy atom. The fourth-order valence-electron chi connectivity index (χ4n) is 9.97. The summed E-state index contributed by atoms with van der Waals surface area (Å²) in [6, 6.07) is 65.8. The number of hydrogen-bond acceptors (Lipinski definition) is 4. The van der Waals surface area contributed by atoms with Crippen LogP contribution >= 0.6 is 11.3 Å². The third-order valence-electron chi connectivity index (χ3n) is 12.3. The van der Waals surface area contributed by atoms with Crippen LogP contribution in [0.15, 0.2) is 182 Å². The number of fused-ring (bicyclic) bond motifs is 18. The van der Waals surface area contributed by atoms with Gasteiger partial charge >= 0.3 is 0 Å². The highest BCUT2D eigenvalue weighted by Gasteiger charge is 2.51. The van der Waals surface area contributed by atoms with Crippen LogP contribution in [0.3, 0.4) is 0 Å². The van der Waals surface area contributed by atoms with Gasteiger partial charge in [-0.2, -0.15) is 0 Å². The summed E-state index contributed by atoms with van der Waals surface area (Å²) in [4.78, 5) is 10.9. The van der Waals surface area contributed by atoms with Crippen LogP contribution in [0.4, 0.5) is 0 Å². The van der Waals surface area contributed by atoms with Crippen molar-refractivity contribution in [2.75, 3.05) is 0 Å². The number of thiophene rings is 1. The first kappa shape index (κ1) is 31.1. The molecule has 0 N–H and O–H groups in total. The lowest BCUT2D eigenvalue weighted by atomic mass is 9.66. The number of hydrogen-bond donors (Lipinski definition) is 0. The van der Waals surface area contributed by atoms with Crippen LogP contribution < -0.4 is 4.74 Å². The molecule has 0 unspecified atom stereocenters. The zero-order valence-corrected chi connectivity index (χ0v) is 31.3. The molecule has 3 nitrogen and oxygen atoms in total. The molecule has 57 heavy (non-hydrogen) atoms. The molecule has 0 bridgehead atoms. The van der Waals surface area contributed by atoms with Crippen molar-refractivity contribution in [3.8, 4) is 45.3 Å². The number of nitrogens with zero attached hydrogens (tertiary/aromatic N) is 2. The Kier molecular flexibility index (Phi) is 6.25. The highest BCUT2D eigenvalue weighted by molar-refractivity contribution is 7.26. The van der Waals surface area contributed by atoms with Crippen LogP contribution in [-0.2, 0) is 5.41 Å². The molecule has 0 saturated heterocycles. The summed E-state index contributed by atoms with van der Waals surface area (Å²) in [5.74, 6) is 2.46. The second-order valence-electron chi connectivity index (χ2n) is 15.2. The van der Waals surface area contributed by atoms with Crippen molar-refractivity contribution in [3.05, 3.63) is 204 Å². The molecule has 0 saturated carbocycles. The molecule has 2 aliphatic rings. The van der Waals surface area contributed by atoms with E-state index in [1.807, 2.05) is 0 Å². The Balaban J connectivity index is 1.09. The van der Waals surface area contributed by atoms with Crippen LogP contribution in [0, 0.1) is 0 Å². The van der Waals surface area contributed by atoms with E-state index in [1.165, 1.54) is 59.3 Å². The zero-order chi connectivity index (χ0) is 37.2. The smallest absolute Gasteiger partial charge is 0.160 e. The second kappa shape index (κ2) is 11.5. The number of ether oxygens (including phenoxy) is 1. The van der Waals surface area contributed by atoms with Crippen molar-refractivity contribution in [1.29, 1.82) is 0 Å². The van der Waals surface area contributed by atoms with E-state index in [1.54, 1.807) is 11.3 Å². The molecule has 0 atom stereocenters. The van der Waals surface area contributed by atoms with Crippen molar-refractivity contribution >= 4 is 64.0 Å². The molecule has 1 spiro atoms. The van der Waals surface area contributed by atoms with Gasteiger partial charge in [0.05, 0.1) is 21.3 Å². The summed E-state index contributed by atoms with van der Waals surface area (Å²) in [5.41, 5.74) is 10.7. The topological polar surface area (TPSA) is 35.0 Å². The summed E-state index contributed by atoms with van der Waals surface area (Å²) < 4.78 is 9.07. The number of aromatic nitrogens is 2. The van der Waals surface area contributed by atoms with Gasteiger partial charge in [0.25, 0.3) is 0 Å². The van der Waals surface area contributed by atoms with Gasteiger partial charge in [0, 0.05) is 32.3 Å². The summed E-state index contributed by atoms with van der Waals surface area (Å²) >= 11 is 1.76. The van der Waals surface area contributed by atoms with E-state index in [2.05, 4.69) is 182 Å². The van der Waals surface area contributed by atoms with Gasteiger partial charge in [-0.15, -0.1) is 11.3 Å². The quantitative estimate of drug-likeness (QED) is 0.165. The van der Waals surface area contributed by atoms with Crippen molar-refractivity contribution in [2.24, 2.45) is 0 Å². The maximum Gasteiger partial charge on any atom is 0.160 e. The van der Waals surface area contributed by atoms with E-state index in [4.69, 9.17) is 14.7 Å². The van der Waals surface area contributed by atoms with Gasteiger partial charge in [-0.05, 0) is 91.0 Å². The second-order valence-corrected chi connectivity index (χ2v) is 16.2. The summed E-state index contributed by atoms with van der Waals surface area (Å²) in [6.07, 6.45) is 0. The SMILES string of the molecule is c1ccc2c(c1)Oc1ccc(-c3nc(-c4ccc5c6ccccc6c6ccccc6c5c4)nc4c3sc3ccccc34)cc1C21c2ccccc2-c2ccccc21. The van der Waals surface area contributed by atoms with Crippen LogP contribution in [0.5, 0.6) is 11.5 Å². The Bertz CT molecular complexity index is 3450. The first-order valence-corrected chi connectivity index (χ1v) is 20.2. The maximum absolute atomic E-state index is 6.79. The number of benzene rings is 9. The van der Waals surface area contributed by atoms with Gasteiger partial charge in [-0.3, -0.25) is 0 Å². The maximum atomic E-state index is 6.79. The van der Waals surface area contributed by atoms with Crippen LogP contribution in [0.2, 0.25) is 0 Å². The Labute approximate surface area is 332 Å². The highest BCUT2D eigenvalue weighted by Crippen LogP contribution is 2.62. The molecule has 9 aromatic carbocycles. The van der Waals surface area contributed by atoms with E-state index in [0.29, 0.717) is 5.82 Å². The van der Waals surface area contributed by atoms with Crippen molar-refractivity contribution in [3.63, 3.8) is 0 Å². The average Bonchev–Trinajstić information content (AvgIpc) is 3.80. The minimum atomic E-state index is -0.565. The van der Waals surface area contributed by atoms with Gasteiger partial charge in [-0.25, -0.2) is 9.97 Å². The lowest BCUT2D eigenvalue weighted by molar-refractivity contribution is 0.436. The van der Waals surface area contributed by atoms with Crippen molar-refractivity contribution in [1.82, 2.24) is 9.97 Å². The Morgan fingerprint density at radius 2 is 0.947 bits per heavy atom. The fourth-order valence-corrected chi connectivity index (χ4v) is 11.1. The van der Waals surface area contributed by atoms with Crippen molar-refractivity contribution in [2.45, 2.75) is 5.41 Å². The minimum absolute atomic E-state index is 0.565. The van der Waals surface area contributed by atoms with Gasteiger partial charge in [0.15, 0.2) is 5.82 Å². The fraction of sp³-hybridized carbons (Fsp3) is 0.0189. The molecular weight excluding hydrogens is 713 g/mol. The van der Waals surface area contributed by atoms with E-state index >= 15 is 0 Å². The van der Waals surface area contributed by atoms with Gasteiger partial charge in [0.1, 0.15) is 11.5 Å². The van der Waals surface area contributed by atoms with E-state index < -0.39 is 5.41 Å². The first-order chi connectivity index (χ1) is 28.3. The molecule has 0 fully saturated rings. The Hall–Kier alpha value is -7.14. The molecule has 1 aliphatic heterocycles. The number of rotatable bonds is 2. The Morgan fingerprint density at radius 3 is 1.67 bits per heavy atom. The third-order valence-corrected chi connectivity index (χ3v) is 13.5. The van der Waals surface area contributed by atoms with Crippen LogP contribution in [0.1, 0.15) is 22.3 Å². The zero-order valence-electron chi connectivity index (χ0n) is 30.5. The normalized spacial score (nSPS) is 13.5. The van der Waals surface area contributed by atoms with Crippen LogP contribution in [0.25, 0.3) is 86.4 Å². The van der Waals surface area contributed by atoms with Gasteiger partial charge in [0.2, 0.25) is 0 Å². The summed E-state index contributed by atoms with van der Waals surface area (Å²) in [6.45, 7) is 0. The van der Waals surface area contributed by atoms with Crippen molar-refractivity contribution < 1.29 is 4.74 Å². The molecule has 1 aliphatic carbocycles. The lowest BCUT2D eigenvalue weighted by Gasteiger charge is -2.39. The molecule has 2 aromatic heterocycles. The first-order valence-electron chi connectivity index (χ1n) is 19.4. The van der Waals surface area contributed by atoms with E-state index in [9.17, 15) is 0 Å². The lowest BCUT2D eigenvalue weighted by Crippen LogP contribution is -2.32. The molecule has 4 heteroatoms. The standard InChI is InChI=1S/C53H30N2OS/c1-2-15-35-33(13-1)34-14-3-4-16-36(34)41-29-32(25-27-37(35)41)52-54-49(51-50(55-52)40-19-7-12-24-48(40)57-51)31-26-28-47-45(30-31)53(44-22-10-11-23-46(44)56-47)42-20-8-5-17-38(42)39-18-6-9-21-43(39)53/h1-30H. The van der Waals surface area contributed by atoms with E-state index in [0.717, 1.165) is 55.0 Å². The third kappa shape index (κ3) is 4.15. The summed E-state index contributed by atoms with van der Waals surface area (Å²) in [7, 11) is 0. The molecule has 264 valence electrons. The average molecular weight is 743 g/mol. The summed E-state index contributed by atoms with van der Waals surface area (Å²) in [5, 5.41) is 8.57. The number of para-hydroxylation sites is 1. The molecule has 11 aromatic rings. The molecular formula is C53H30N2OS. The van der Waals surface area contributed by atoms with Gasteiger partial charge < -0.3 is 4.74 Å². The molecule has 3 heterocycles.